The number of hydrogen-bond donors (Lipinski definition) is 1. The molecule has 0 saturated heterocycles. The van der Waals surface area contributed by atoms with E-state index in [0.29, 0.717) is 5.41 Å². The molecule has 2 aliphatic carbocycles. The summed E-state index contributed by atoms with van der Waals surface area (Å²) in [4.78, 5) is 12.2. The summed E-state index contributed by atoms with van der Waals surface area (Å²) in [6.07, 6.45) is 6.26. The van der Waals surface area contributed by atoms with Gasteiger partial charge in [0.25, 0.3) is 0 Å². The van der Waals surface area contributed by atoms with Crippen molar-refractivity contribution >= 4 is 51.3 Å². The van der Waals surface area contributed by atoms with Crippen LogP contribution in [0.15, 0.2) is 0 Å². The van der Waals surface area contributed by atoms with Crippen LogP contribution in [0, 0.1) is 18.2 Å². The molecule has 172 valence electrons. The molecule has 31 heavy (non-hydrogen) atoms. The van der Waals surface area contributed by atoms with Crippen molar-refractivity contribution in [2.75, 3.05) is 0 Å². The highest BCUT2D eigenvalue weighted by molar-refractivity contribution is 14.1. The summed E-state index contributed by atoms with van der Waals surface area (Å²) in [5.74, 6) is 0. The van der Waals surface area contributed by atoms with Gasteiger partial charge in [0.2, 0.25) is 0 Å². The summed E-state index contributed by atoms with van der Waals surface area (Å²) < 4.78 is 8.98. The summed E-state index contributed by atoms with van der Waals surface area (Å²) in [6.45, 7) is 14.7. The number of rotatable bonds is 0. The predicted octanol–water partition coefficient (Wildman–Crippen LogP) is 6.32. The van der Waals surface area contributed by atoms with Crippen molar-refractivity contribution in [3.63, 3.8) is 0 Å². The van der Waals surface area contributed by atoms with Crippen LogP contribution in [0.1, 0.15) is 83.8 Å². The first-order chi connectivity index (χ1) is 14.2. The third-order valence-corrected chi connectivity index (χ3v) is 7.67. The summed E-state index contributed by atoms with van der Waals surface area (Å²) >= 11 is 4.51. The second-order valence-electron chi connectivity index (χ2n) is 11.3. The van der Waals surface area contributed by atoms with Gasteiger partial charge in [-0.25, -0.2) is 4.79 Å². The number of aromatic nitrogens is 4. The van der Waals surface area contributed by atoms with Crippen LogP contribution >= 0.6 is 45.2 Å². The normalized spacial score (nSPS) is 19.0. The number of hydrogen-bond acceptors (Lipinski definition) is 4. The maximum atomic E-state index is 12.2. The van der Waals surface area contributed by atoms with Gasteiger partial charge in [0.05, 0.1) is 5.69 Å². The molecule has 0 aliphatic heterocycles. The van der Waals surface area contributed by atoms with Crippen LogP contribution in [0.3, 0.4) is 0 Å². The fourth-order valence-electron chi connectivity index (χ4n) is 4.15. The SMILES string of the molecule is CC1(C)CCc2c(I)n[nH]c2C1.CC1(C)CCc2c(I)nn(C(=O)OC(C)(C)C)c2C1. The highest BCUT2D eigenvalue weighted by atomic mass is 127. The van der Waals surface area contributed by atoms with Crippen molar-refractivity contribution in [2.24, 2.45) is 10.8 Å². The van der Waals surface area contributed by atoms with Crippen LogP contribution in [0.4, 0.5) is 4.79 Å². The van der Waals surface area contributed by atoms with E-state index in [1.165, 1.54) is 34.3 Å². The Morgan fingerprint density at radius 2 is 1.58 bits per heavy atom. The largest absolute Gasteiger partial charge is 0.442 e. The molecule has 6 nitrogen and oxygen atoms in total. The highest BCUT2D eigenvalue weighted by Gasteiger charge is 2.33. The number of carbonyl (C=O) groups is 1. The van der Waals surface area contributed by atoms with Crippen LogP contribution < -0.4 is 0 Å². The minimum atomic E-state index is -0.495. The van der Waals surface area contributed by atoms with Crippen molar-refractivity contribution in [1.82, 2.24) is 20.0 Å². The second-order valence-corrected chi connectivity index (χ2v) is 13.3. The number of nitrogens with one attached hydrogen (secondary N) is 1. The molecular formula is C23H34I2N4O2. The van der Waals surface area contributed by atoms with E-state index in [-0.39, 0.29) is 11.5 Å². The van der Waals surface area contributed by atoms with E-state index in [1.807, 2.05) is 20.8 Å². The second kappa shape index (κ2) is 8.95. The first kappa shape index (κ1) is 25.0. The minimum Gasteiger partial charge on any atom is -0.442 e. The van der Waals surface area contributed by atoms with Gasteiger partial charge in [-0.15, -0.1) is 0 Å². The Morgan fingerprint density at radius 3 is 2.19 bits per heavy atom. The lowest BCUT2D eigenvalue weighted by atomic mass is 9.77. The van der Waals surface area contributed by atoms with Crippen LogP contribution in [0.25, 0.3) is 0 Å². The zero-order chi connectivity index (χ0) is 23.2. The molecule has 0 amide bonds. The van der Waals surface area contributed by atoms with Crippen LogP contribution in [0.2, 0.25) is 0 Å². The van der Waals surface area contributed by atoms with Gasteiger partial charge in [-0.05, 0) is 115 Å². The monoisotopic (exact) mass is 652 g/mol. The van der Waals surface area contributed by atoms with Crippen molar-refractivity contribution in [3.05, 3.63) is 29.9 Å². The molecule has 0 bridgehead atoms. The van der Waals surface area contributed by atoms with E-state index in [9.17, 15) is 4.79 Å². The van der Waals surface area contributed by atoms with Crippen molar-refractivity contribution in [3.8, 4) is 0 Å². The quantitative estimate of drug-likeness (QED) is 0.339. The minimum absolute atomic E-state index is 0.218. The van der Waals surface area contributed by atoms with Gasteiger partial charge in [0.1, 0.15) is 13.0 Å². The van der Waals surface area contributed by atoms with E-state index in [0.717, 1.165) is 38.8 Å². The third kappa shape index (κ3) is 6.23. The molecule has 0 fully saturated rings. The van der Waals surface area contributed by atoms with Crippen molar-refractivity contribution in [1.29, 1.82) is 0 Å². The van der Waals surface area contributed by atoms with Gasteiger partial charge in [-0.2, -0.15) is 14.9 Å². The zero-order valence-electron chi connectivity index (χ0n) is 19.7. The number of fused-ring (bicyclic) bond motifs is 2. The topological polar surface area (TPSA) is 72.8 Å². The summed E-state index contributed by atoms with van der Waals surface area (Å²) in [5.41, 5.74) is 5.23. The predicted molar refractivity (Wildman–Crippen MR) is 139 cm³/mol. The molecule has 0 unspecified atom stereocenters. The number of nitrogens with zero attached hydrogens (tertiary/aromatic N) is 3. The Hall–Kier alpha value is -0.650. The summed E-state index contributed by atoms with van der Waals surface area (Å²) in [6, 6.07) is 0. The Kier molecular flexibility index (Phi) is 7.21. The lowest BCUT2D eigenvalue weighted by molar-refractivity contribution is 0.0505. The third-order valence-electron chi connectivity index (χ3n) is 5.91. The van der Waals surface area contributed by atoms with E-state index in [4.69, 9.17) is 4.74 Å². The molecule has 2 aliphatic rings. The van der Waals surface area contributed by atoms with Gasteiger partial charge in [0, 0.05) is 16.8 Å². The lowest BCUT2D eigenvalue weighted by Gasteiger charge is -2.30. The molecule has 0 radical (unpaired) electrons. The van der Waals surface area contributed by atoms with Gasteiger partial charge in [-0.1, -0.05) is 27.7 Å². The van der Waals surface area contributed by atoms with Gasteiger partial charge in [0.15, 0.2) is 0 Å². The maximum absolute atomic E-state index is 12.2. The smallest absolute Gasteiger partial charge is 0.435 e. The van der Waals surface area contributed by atoms with Crippen molar-refractivity contribution in [2.45, 2.75) is 92.6 Å². The van der Waals surface area contributed by atoms with Gasteiger partial charge >= 0.3 is 6.09 Å². The molecule has 0 spiro atoms. The molecule has 1 N–H and O–H groups in total. The first-order valence-electron chi connectivity index (χ1n) is 10.9. The molecule has 2 aromatic heterocycles. The van der Waals surface area contributed by atoms with Gasteiger partial charge in [-0.3, -0.25) is 5.10 Å². The Morgan fingerprint density at radius 1 is 1.00 bits per heavy atom. The Labute approximate surface area is 212 Å². The lowest BCUT2D eigenvalue weighted by Crippen LogP contribution is -2.31. The number of H-pyrrole nitrogens is 1. The standard InChI is InChI=1S/C14H21IN2O2.C9H13IN2/c1-13(2,3)19-12(18)17-10-8-14(4,5)7-6-9(10)11(15)16-17;1-9(2)4-3-6-7(5-9)11-12-8(6)10/h6-8H2,1-5H3;3-5H2,1-2H3,(H,11,12). The molecule has 2 heterocycles. The van der Waals surface area contributed by atoms with Crippen molar-refractivity contribution < 1.29 is 9.53 Å². The molecule has 0 aromatic carbocycles. The fraction of sp³-hybridized carbons (Fsp3) is 0.696. The zero-order valence-corrected chi connectivity index (χ0v) is 24.0. The molecule has 0 atom stereocenters. The highest BCUT2D eigenvalue weighted by Crippen LogP contribution is 2.37. The number of ether oxygens (including phenoxy) is 1. The van der Waals surface area contributed by atoms with E-state index in [2.05, 4.69) is 88.2 Å². The average Bonchev–Trinajstić information content (AvgIpc) is 3.12. The number of halogens is 2. The Balaban J connectivity index is 0.000000194. The molecule has 2 aromatic rings. The molecule has 4 rings (SSSR count). The van der Waals surface area contributed by atoms with Crippen LogP contribution in [-0.2, 0) is 30.4 Å². The molecule has 0 saturated carbocycles. The maximum Gasteiger partial charge on any atom is 0.435 e. The number of carbonyl (C=O) groups excluding carboxylic acids is 1. The first-order valence-corrected chi connectivity index (χ1v) is 13.0. The molecular weight excluding hydrogens is 618 g/mol. The van der Waals surface area contributed by atoms with E-state index in [1.54, 1.807) is 0 Å². The average molecular weight is 652 g/mol. The van der Waals surface area contributed by atoms with Gasteiger partial charge < -0.3 is 4.74 Å². The van der Waals surface area contributed by atoms with Crippen LogP contribution in [0.5, 0.6) is 0 Å². The summed E-state index contributed by atoms with van der Waals surface area (Å²) in [7, 11) is 0. The summed E-state index contributed by atoms with van der Waals surface area (Å²) in [5, 5.41) is 11.7. The molecule has 8 heteroatoms. The number of aromatic amines is 1. The van der Waals surface area contributed by atoms with E-state index < -0.39 is 5.60 Å². The van der Waals surface area contributed by atoms with Crippen LogP contribution in [-0.4, -0.2) is 31.7 Å². The Bertz CT molecular complexity index is 967. The fourth-order valence-corrected chi connectivity index (χ4v) is 5.66. The van der Waals surface area contributed by atoms with E-state index >= 15 is 0 Å².